The van der Waals surface area contributed by atoms with Crippen molar-refractivity contribution in [2.75, 3.05) is 12.9 Å². The van der Waals surface area contributed by atoms with Crippen molar-refractivity contribution in [3.05, 3.63) is 0 Å². The number of piperidine rings is 1. The van der Waals surface area contributed by atoms with Crippen molar-refractivity contribution in [1.29, 1.82) is 0 Å². The lowest BCUT2D eigenvalue weighted by atomic mass is 10.0. The van der Waals surface area contributed by atoms with Crippen molar-refractivity contribution in [2.45, 2.75) is 43.1 Å². The number of nitrogens with zero attached hydrogens (tertiary/aromatic N) is 1. The third kappa shape index (κ3) is 2.42. The molecule has 2 N–H and O–H groups in total. The number of esters is 1. The number of hydrogen-bond donors (Lipinski definition) is 1. The number of amides is 1. The first-order valence-electron chi connectivity index (χ1n) is 5.92. The van der Waals surface area contributed by atoms with Crippen molar-refractivity contribution in [3.8, 4) is 0 Å². The van der Waals surface area contributed by atoms with E-state index < -0.39 is 12.1 Å². The number of methoxy groups -OCH3 is 1. The Balaban J connectivity index is 2.23. The van der Waals surface area contributed by atoms with Crippen LogP contribution >= 0.6 is 11.8 Å². The Bertz CT molecular complexity index is 324. The Kier molecular flexibility index (Phi) is 3.93. The van der Waals surface area contributed by atoms with E-state index in [1.165, 1.54) is 7.11 Å². The molecule has 2 fully saturated rings. The van der Waals surface area contributed by atoms with Gasteiger partial charge in [0.25, 0.3) is 0 Å². The average molecular weight is 258 g/mol. The summed E-state index contributed by atoms with van der Waals surface area (Å²) in [7, 11) is 1.36. The molecule has 5 nitrogen and oxygen atoms in total. The highest BCUT2D eigenvalue weighted by molar-refractivity contribution is 7.99. The third-order valence-electron chi connectivity index (χ3n) is 3.36. The maximum atomic E-state index is 12.2. The zero-order valence-electron chi connectivity index (χ0n) is 9.93. The molecule has 17 heavy (non-hydrogen) atoms. The maximum absolute atomic E-state index is 12.2. The molecular formula is C11H18N2O3S. The standard InChI is InChI=1S/C11H18N2O3S/c1-16-11(15)8-3-2-4-9-13(8)10(14)7(12)5-6-17-9/h7-9H,2-6,12H2,1H3/t7-,8?,9-/m0/s1. The Morgan fingerprint density at radius 2 is 2.24 bits per heavy atom. The lowest BCUT2D eigenvalue weighted by Crippen LogP contribution is -2.55. The second kappa shape index (κ2) is 5.27. The molecule has 0 aromatic rings. The number of fused-ring (bicyclic) bond motifs is 1. The van der Waals surface area contributed by atoms with E-state index >= 15 is 0 Å². The molecule has 3 atom stereocenters. The molecule has 0 saturated carbocycles. The van der Waals surface area contributed by atoms with Gasteiger partial charge < -0.3 is 15.4 Å². The summed E-state index contributed by atoms with van der Waals surface area (Å²) in [5, 5.41) is 0.0916. The van der Waals surface area contributed by atoms with Crippen LogP contribution in [0, 0.1) is 0 Å². The van der Waals surface area contributed by atoms with Crippen molar-refractivity contribution in [2.24, 2.45) is 5.73 Å². The molecule has 96 valence electrons. The SMILES string of the molecule is COC(=O)C1CCC[C@@H]2SCC[C@H](N)C(=O)N12. The summed E-state index contributed by atoms with van der Waals surface area (Å²) in [6.07, 6.45) is 3.26. The van der Waals surface area contributed by atoms with Gasteiger partial charge in [-0.25, -0.2) is 4.79 Å². The van der Waals surface area contributed by atoms with E-state index in [1.807, 2.05) is 0 Å². The van der Waals surface area contributed by atoms with Crippen molar-refractivity contribution >= 4 is 23.6 Å². The molecule has 0 aliphatic carbocycles. The summed E-state index contributed by atoms with van der Waals surface area (Å²) in [6, 6.07) is -0.916. The number of ether oxygens (including phenoxy) is 1. The smallest absolute Gasteiger partial charge is 0.328 e. The monoisotopic (exact) mass is 258 g/mol. The van der Waals surface area contributed by atoms with Crippen LogP contribution in [0.2, 0.25) is 0 Å². The van der Waals surface area contributed by atoms with E-state index in [9.17, 15) is 9.59 Å². The van der Waals surface area contributed by atoms with Crippen molar-refractivity contribution in [3.63, 3.8) is 0 Å². The van der Waals surface area contributed by atoms with Crippen LogP contribution in [-0.2, 0) is 14.3 Å². The zero-order valence-corrected chi connectivity index (χ0v) is 10.7. The summed E-state index contributed by atoms with van der Waals surface area (Å²) >= 11 is 1.72. The van der Waals surface area contributed by atoms with Gasteiger partial charge in [0.05, 0.1) is 18.5 Å². The second-order valence-corrected chi connectivity index (χ2v) is 5.72. The molecule has 0 aromatic heterocycles. The van der Waals surface area contributed by atoms with Crippen LogP contribution in [0.25, 0.3) is 0 Å². The van der Waals surface area contributed by atoms with Crippen LogP contribution in [0.15, 0.2) is 0 Å². The molecular weight excluding hydrogens is 240 g/mol. The minimum atomic E-state index is -0.474. The quantitative estimate of drug-likeness (QED) is 0.686. The lowest BCUT2D eigenvalue weighted by molar-refractivity contribution is -0.155. The normalized spacial score (nSPS) is 33.9. The van der Waals surface area contributed by atoms with Gasteiger partial charge in [-0.1, -0.05) is 0 Å². The molecule has 6 heteroatoms. The van der Waals surface area contributed by atoms with E-state index in [1.54, 1.807) is 16.7 Å². The molecule has 0 spiro atoms. The van der Waals surface area contributed by atoms with Crippen LogP contribution in [0.5, 0.6) is 0 Å². The predicted octanol–water partition coefficient (Wildman–Crippen LogP) is 0.331. The van der Waals surface area contributed by atoms with Gasteiger partial charge in [-0.05, 0) is 31.4 Å². The molecule has 0 aromatic carbocycles. The van der Waals surface area contributed by atoms with Gasteiger partial charge in [0, 0.05) is 0 Å². The van der Waals surface area contributed by atoms with Gasteiger partial charge in [-0.3, -0.25) is 4.79 Å². The summed E-state index contributed by atoms with van der Waals surface area (Å²) in [6.45, 7) is 0. The van der Waals surface area contributed by atoms with Crippen LogP contribution in [0.3, 0.4) is 0 Å². The average Bonchev–Trinajstić information content (AvgIpc) is 2.49. The second-order valence-electron chi connectivity index (χ2n) is 4.44. The summed E-state index contributed by atoms with van der Waals surface area (Å²) in [5.41, 5.74) is 5.83. The highest BCUT2D eigenvalue weighted by Gasteiger charge is 2.42. The molecule has 2 saturated heterocycles. The molecule has 0 radical (unpaired) electrons. The maximum Gasteiger partial charge on any atom is 0.328 e. The summed E-state index contributed by atoms with van der Waals surface area (Å²) in [4.78, 5) is 25.6. The van der Waals surface area contributed by atoms with Gasteiger partial charge in [0.2, 0.25) is 5.91 Å². The van der Waals surface area contributed by atoms with Crippen LogP contribution < -0.4 is 5.73 Å². The Morgan fingerprint density at radius 3 is 2.94 bits per heavy atom. The van der Waals surface area contributed by atoms with Gasteiger partial charge in [-0.2, -0.15) is 0 Å². The lowest BCUT2D eigenvalue weighted by Gasteiger charge is -2.39. The Labute approximate surface area is 105 Å². The minimum Gasteiger partial charge on any atom is -0.467 e. The van der Waals surface area contributed by atoms with E-state index in [-0.39, 0.29) is 17.3 Å². The predicted molar refractivity (Wildman–Crippen MR) is 65.3 cm³/mol. The largest absolute Gasteiger partial charge is 0.467 e. The minimum absolute atomic E-state index is 0.0916. The van der Waals surface area contributed by atoms with Crippen LogP contribution in [0.1, 0.15) is 25.7 Å². The summed E-state index contributed by atoms with van der Waals surface area (Å²) in [5.74, 6) is 0.454. The molecule has 2 aliphatic rings. The van der Waals surface area contributed by atoms with Gasteiger partial charge in [-0.15, -0.1) is 11.8 Å². The first kappa shape index (κ1) is 12.7. The number of thioether (sulfide) groups is 1. The topological polar surface area (TPSA) is 72.6 Å². The van der Waals surface area contributed by atoms with Gasteiger partial charge >= 0.3 is 5.97 Å². The molecule has 2 aliphatic heterocycles. The van der Waals surface area contributed by atoms with Gasteiger partial charge in [0.1, 0.15) is 6.04 Å². The van der Waals surface area contributed by atoms with Crippen LogP contribution in [-0.4, -0.2) is 47.1 Å². The molecule has 2 rings (SSSR count). The van der Waals surface area contributed by atoms with Crippen LogP contribution in [0.4, 0.5) is 0 Å². The highest BCUT2D eigenvalue weighted by Crippen LogP contribution is 2.34. The number of hydrogen-bond acceptors (Lipinski definition) is 5. The number of nitrogens with two attached hydrogens (primary N) is 1. The number of rotatable bonds is 1. The van der Waals surface area contributed by atoms with Gasteiger partial charge in [0.15, 0.2) is 0 Å². The molecule has 1 amide bonds. The van der Waals surface area contributed by atoms with Crippen molar-refractivity contribution in [1.82, 2.24) is 4.90 Å². The fourth-order valence-electron chi connectivity index (χ4n) is 2.44. The van der Waals surface area contributed by atoms with E-state index in [0.717, 1.165) is 18.6 Å². The fourth-order valence-corrected chi connectivity index (χ4v) is 3.84. The third-order valence-corrected chi connectivity index (χ3v) is 4.68. The fraction of sp³-hybridized carbons (Fsp3) is 0.818. The Hall–Kier alpha value is -0.750. The Morgan fingerprint density at radius 1 is 1.47 bits per heavy atom. The van der Waals surface area contributed by atoms with Crippen molar-refractivity contribution < 1.29 is 14.3 Å². The van der Waals surface area contributed by atoms with E-state index in [2.05, 4.69) is 0 Å². The van der Waals surface area contributed by atoms with E-state index in [4.69, 9.17) is 10.5 Å². The first-order chi connectivity index (χ1) is 8.15. The number of carbonyl (C=O) groups excluding carboxylic acids is 2. The number of carbonyl (C=O) groups is 2. The zero-order chi connectivity index (χ0) is 12.4. The molecule has 2 heterocycles. The molecule has 0 bridgehead atoms. The highest BCUT2D eigenvalue weighted by atomic mass is 32.2. The van der Waals surface area contributed by atoms with E-state index in [0.29, 0.717) is 12.8 Å². The summed E-state index contributed by atoms with van der Waals surface area (Å²) < 4.78 is 4.78. The first-order valence-corrected chi connectivity index (χ1v) is 6.97. The molecule has 1 unspecified atom stereocenters.